The van der Waals surface area contributed by atoms with Gasteiger partial charge >= 0.3 is 0 Å². The lowest BCUT2D eigenvalue weighted by Crippen LogP contribution is -2.44. The zero-order valence-corrected chi connectivity index (χ0v) is 15.9. The normalized spacial score (nSPS) is 28.2. The van der Waals surface area contributed by atoms with E-state index in [9.17, 15) is 4.79 Å². The van der Waals surface area contributed by atoms with Crippen LogP contribution in [0, 0.1) is 11.8 Å². The molecule has 26 heavy (non-hydrogen) atoms. The van der Waals surface area contributed by atoms with Gasteiger partial charge in [0.05, 0.1) is 6.04 Å². The van der Waals surface area contributed by atoms with Crippen LogP contribution in [0.4, 0.5) is 0 Å². The Balaban J connectivity index is 1.43. The van der Waals surface area contributed by atoms with Gasteiger partial charge < -0.3 is 15.4 Å². The zero-order valence-electron chi connectivity index (χ0n) is 15.9. The molecule has 142 valence electrons. The Morgan fingerprint density at radius 1 is 1.31 bits per heavy atom. The van der Waals surface area contributed by atoms with Gasteiger partial charge in [-0.05, 0) is 69.5 Å². The van der Waals surface area contributed by atoms with Crippen molar-refractivity contribution >= 4 is 5.91 Å². The number of rotatable bonds is 4. The fourth-order valence-corrected chi connectivity index (χ4v) is 5.15. The number of piperidine rings is 1. The van der Waals surface area contributed by atoms with Gasteiger partial charge in [0.2, 0.25) is 5.91 Å². The standard InChI is InChI=1S/C22H32N2O2/c1-16(17-7-6-12-23-15-17)13-21(25)24-19-14-22(10-4-5-11-22)26-20-9-3-2-8-18(19)20/h2-3,8-9,16-17,19,23H,4-7,10-15H2,1H3,(H,24,25). The number of hydrogen-bond acceptors (Lipinski definition) is 3. The molecule has 1 amide bonds. The van der Waals surface area contributed by atoms with Crippen molar-refractivity contribution in [2.45, 2.75) is 69.9 Å². The number of amides is 1. The molecule has 4 heteroatoms. The largest absolute Gasteiger partial charge is 0.487 e. The molecular formula is C22H32N2O2. The van der Waals surface area contributed by atoms with Gasteiger partial charge in [-0.1, -0.05) is 25.1 Å². The topological polar surface area (TPSA) is 50.4 Å². The molecule has 3 atom stereocenters. The Hall–Kier alpha value is -1.55. The summed E-state index contributed by atoms with van der Waals surface area (Å²) >= 11 is 0. The first-order chi connectivity index (χ1) is 12.7. The monoisotopic (exact) mass is 356 g/mol. The predicted octanol–water partition coefficient (Wildman–Crippen LogP) is 3.97. The average Bonchev–Trinajstić information content (AvgIpc) is 3.09. The summed E-state index contributed by atoms with van der Waals surface area (Å²) in [5.74, 6) is 2.21. The average molecular weight is 357 g/mol. The Morgan fingerprint density at radius 2 is 2.12 bits per heavy atom. The van der Waals surface area contributed by atoms with Crippen molar-refractivity contribution in [3.8, 4) is 5.75 Å². The van der Waals surface area contributed by atoms with Crippen molar-refractivity contribution in [3.63, 3.8) is 0 Å². The molecule has 4 nitrogen and oxygen atoms in total. The lowest BCUT2D eigenvalue weighted by Gasteiger charge is -2.40. The minimum atomic E-state index is -0.0643. The molecule has 2 fully saturated rings. The lowest BCUT2D eigenvalue weighted by molar-refractivity contribution is -0.123. The molecule has 3 unspecified atom stereocenters. The van der Waals surface area contributed by atoms with E-state index >= 15 is 0 Å². The Bertz CT molecular complexity index is 633. The van der Waals surface area contributed by atoms with E-state index < -0.39 is 0 Å². The van der Waals surface area contributed by atoms with Gasteiger partial charge in [0.15, 0.2) is 0 Å². The predicted molar refractivity (Wildman–Crippen MR) is 103 cm³/mol. The van der Waals surface area contributed by atoms with Crippen molar-refractivity contribution in [1.29, 1.82) is 0 Å². The van der Waals surface area contributed by atoms with Gasteiger partial charge in [0.1, 0.15) is 11.4 Å². The maximum Gasteiger partial charge on any atom is 0.220 e. The molecule has 2 heterocycles. The van der Waals surface area contributed by atoms with E-state index in [1.807, 2.05) is 12.1 Å². The van der Waals surface area contributed by atoms with Crippen LogP contribution in [-0.2, 0) is 4.79 Å². The van der Waals surface area contributed by atoms with Crippen LogP contribution in [0.2, 0.25) is 0 Å². The van der Waals surface area contributed by atoms with Crippen molar-refractivity contribution < 1.29 is 9.53 Å². The molecular weight excluding hydrogens is 324 g/mol. The summed E-state index contributed by atoms with van der Waals surface area (Å²) in [4.78, 5) is 12.8. The molecule has 0 aromatic heterocycles. The Labute approximate surface area is 157 Å². The number of ether oxygens (including phenoxy) is 1. The highest BCUT2D eigenvalue weighted by molar-refractivity contribution is 5.77. The van der Waals surface area contributed by atoms with E-state index in [0.717, 1.165) is 43.7 Å². The highest BCUT2D eigenvalue weighted by atomic mass is 16.5. The second kappa shape index (κ2) is 7.59. The van der Waals surface area contributed by atoms with Gasteiger partial charge in [0.25, 0.3) is 0 Å². The van der Waals surface area contributed by atoms with Crippen LogP contribution >= 0.6 is 0 Å². The highest BCUT2D eigenvalue weighted by Crippen LogP contribution is 2.47. The fourth-order valence-electron chi connectivity index (χ4n) is 5.15. The summed E-state index contributed by atoms with van der Waals surface area (Å²) in [6.07, 6.45) is 8.68. The molecule has 0 radical (unpaired) electrons. The fraction of sp³-hybridized carbons (Fsp3) is 0.682. The van der Waals surface area contributed by atoms with Crippen LogP contribution in [0.25, 0.3) is 0 Å². The SMILES string of the molecule is CC(CC(=O)NC1CC2(CCCC2)Oc2ccccc21)C1CCCNC1. The lowest BCUT2D eigenvalue weighted by atomic mass is 9.84. The third-order valence-corrected chi connectivity index (χ3v) is 6.69. The number of carbonyl (C=O) groups is 1. The number of para-hydroxylation sites is 1. The number of hydrogen-bond donors (Lipinski definition) is 2. The molecule has 1 aliphatic carbocycles. The molecule has 1 saturated heterocycles. The Morgan fingerprint density at radius 3 is 2.88 bits per heavy atom. The second-order valence-corrected chi connectivity index (χ2v) is 8.64. The molecule has 1 aromatic carbocycles. The summed E-state index contributed by atoms with van der Waals surface area (Å²) in [6.45, 7) is 4.40. The zero-order chi connectivity index (χ0) is 18.0. The minimum absolute atomic E-state index is 0.0643. The molecule has 2 N–H and O–H groups in total. The van der Waals surface area contributed by atoms with Gasteiger partial charge in [-0.25, -0.2) is 0 Å². The summed E-state index contributed by atoms with van der Waals surface area (Å²) in [6, 6.07) is 8.33. The first-order valence-electron chi connectivity index (χ1n) is 10.4. The third kappa shape index (κ3) is 3.75. The van der Waals surface area contributed by atoms with Gasteiger partial charge in [0, 0.05) is 18.4 Å². The van der Waals surface area contributed by atoms with Crippen LogP contribution in [0.5, 0.6) is 5.75 Å². The van der Waals surface area contributed by atoms with Crippen molar-refractivity contribution in [3.05, 3.63) is 29.8 Å². The van der Waals surface area contributed by atoms with Gasteiger partial charge in [-0.2, -0.15) is 0 Å². The molecule has 2 aliphatic heterocycles. The van der Waals surface area contributed by atoms with Crippen LogP contribution in [0.15, 0.2) is 24.3 Å². The van der Waals surface area contributed by atoms with E-state index in [4.69, 9.17) is 4.74 Å². The summed E-state index contributed by atoms with van der Waals surface area (Å²) in [5.41, 5.74) is 1.08. The van der Waals surface area contributed by atoms with E-state index in [1.54, 1.807) is 0 Å². The highest BCUT2D eigenvalue weighted by Gasteiger charge is 2.43. The maximum atomic E-state index is 12.8. The number of benzene rings is 1. The van der Waals surface area contributed by atoms with Crippen molar-refractivity contribution in [2.24, 2.45) is 11.8 Å². The van der Waals surface area contributed by atoms with E-state index in [0.29, 0.717) is 18.3 Å². The van der Waals surface area contributed by atoms with Crippen LogP contribution < -0.4 is 15.4 Å². The minimum Gasteiger partial charge on any atom is -0.487 e. The van der Waals surface area contributed by atoms with E-state index in [1.165, 1.54) is 25.7 Å². The number of fused-ring (bicyclic) bond motifs is 1. The number of carbonyl (C=O) groups excluding carboxylic acids is 1. The maximum absolute atomic E-state index is 12.8. The van der Waals surface area contributed by atoms with Gasteiger partial charge in [-0.3, -0.25) is 4.79 Å². The van der Waals surface area contributed by atoms with E-state index in [2.05, 4.69) is 29.7 Å². The quantitative estimate of drug-likeness (QED) is 0.858. The molecule has 1 spiro atoms. The molecule has 0 bridgehead atoms. The first kappa shape index (κ1) is 17.8. The molecule has 4 rings (SSSR count). The summed E-state index contributed by atoms with van der Waals surface area (Å²) < 4.78 is 6.41. The van der Waals surface area contributed by atoms with Gasteiger partial charge in [-0.15, -0.1) is 0 Å². The van der Waals surface area contributed by atoms with Crippen LogP contribution in [-0.4, -0.2) is 24.6 Å². The first-order valence-corrected chi connectivity index (χ1v) is 10.4. The van der Waals surface area contributed by atoms with E-state index in [-0.39, 0.29) is 17.6 Å². The molecule has 1 aromatic rings. The second-order valence-electron chi connectivity index (χ2n) is 8.64. The van der Waals surface area contributed by atoms with Crippen LogP contribution in [0.3, 0.4) is 0 Å². The summed E-state index contributed by atoms with van der Waals surface area (Å²) in [7, 11) is 0. The molecule has 3 aliphatic rings. The van der Waals surface area contributed by atoms with Crippen LogP contribution in [0.1, 0.15) is 69.9 Å². The summed E-state index contributed by atoms with van der Waals surface area (Å²) in [5, 5.41) is 6.82. The van der Waals surface area contributed by atoms with Crippen molar-refractivity contribution in [2.75, 3.05) is 13.1 Å². The smallest absolute Gasteiger partial charge is 0.220 e. The van der Waals surface area contributed by atoms with Crippen molar-refractivity contribution in [1.82, 2.24) is 10.6 Å². The molecule has 1 saturated carbocycles. The Kier molecular flexibility index (Phi) is 5.21. The number of nitrogens with one attached hydrogen (secondary N) is 2. The third-order valence-electron chi connectivity index (χ3n) is 6.69.